The Morgan fingerprint density at radius 3 is 1.97 bits per heavy atom. The van der Waals surface area contributed by atoms with Crippen molar-refractivity contribution in [3.63, 3.8) is 0 Å². The minimum atomic E-state index is -1.07. The van der Waals surface area contributed by atoms with Crippen LogP contribution in [0.15, 0.2) is 11.6 Å². The Hall–Kier alpha value is -2.38. The summed E-state index contributed by atoms with van der Waals surface area (Å²) in [5.41, 5.74) is 0.816. The molecular weight excluding hydrogens is 440 g/mol. The van der Waals surface area contributed by atoms with Gasteiger partial charge >= 0.3 is 23.9 Å². The van der Waals surface area contributed by atoms with Gasteiger partial charge in [-0.2, -0.15) is 0 Å². The predicted octanol–water partition coefficient (Wildman–Crippen LogP) is 4.98. The van der Waals surface area contributed by atoms with Crippen LogP contribution in [-0.4, -0.2) is 48.3 Å². The predicted molar refractivity (Wildman–Crippen MR) is 127 cm³/mol. The number of esters is 3. The Bertz CT molecular complexity index is 699. The standard InChI is InChI=1S/C26H42O8/c1-18-17-21(26(31)33-18)15-13-11-9-7-5-6-8-10-12-14-16-22(24(28)29)23(34-20(3)27)19(2)25(30)32-4/h17-19,22-23H,5-16H2,1-4H3,(H,28,29). The summed E-state index contributed by atoms with van der Waals surface area (Å²) in [5, 5.41) is 9.64. The van der Waals surface area contributed by atoms with Gasteiger partial charge in [0.1, 0.15) is 12.2 Å². The fourth-order valence-corrected chi connectivity index (χ4v) is 4.38. The van der Waals surface area contributed by atoms with Crippen LogP contribution in [0.25, 0.3) is 0 Å². The number of carboxylic acid groups (broad SMARTS) is 1. The van der Waals surface area contributed by atoms with Crippen LogP contribution in [0.5, 0.6) is 0 Å². The molecule has 0 spiro atoms. The van der Waals surface area contributed by atoms with Crippen LogP contribution in [-0.2, 0) is 33.4 Å². The minimum Gasteiger partial charge on any atom is -0.481 e. The van der Waals surface area contributed by atoms with Gasteiger partial charge in [0.05, 0.1) is 18.9 Å². The van der Waals surface area contributed by atoms with E-state index in [0.717, 1.165) is 56.9 Å². The number of carboxylic acids is 1. The zero-order valence-corrected chi connectivity index (χ0v) is 21.2. The lowest BCUT2D eigenvalue weighted by atomic mass is 9.87. The van der Waals surface area contributed by atoms with E-state index in [2.05, 4.69) is 0 Å². The maximum atomic E-state index is 11.9. The lowest BCUT2D eigenvalue weighted by Gasteiger charge is -2.27. The molecule has 0 saturated carbocycles. The summed E-state index contributed by atoms with van der Waals surface area (Å²) in [6, 6.07) is 0. The van der Waals surface area contributed by atoms with Gasteiger partial charge < -0.3 is 19.3 Å². The summed E-state index contributed by atoms with van der Waals surface area (Å²) >= 11 is 0. The second-order valence-corrected chi connectivity index (χ2v) is 9.21. The van der Waals surface area contributed by atoms with Crippen molar-refractivity contribution in [1.82, 2.24) is 0 Å². The quantitative estimate of drug-likeness (QED) is 0.165. The summed E-state index contributed by atoms with van der Waals surface area (Å²) in [6.07, 6.45) is 12.4. The Balaban J connectivity index is 2.18. The van der Waals surface area contributed by atoms with Gasteiger partial charge in [-0.05, 0) is 39.2 Å². The highest BCUT2D eigenvalue weighted by atomic mass is 16.6. The second-order valence-electron chi connectivity index (χ2n) is 9.21. The first-order chi connectivity index (χ1) is 16.2. The van der Waals surface area contributed by atoms with Gasteiger partial charge in [0.2, 0.25) is 0 Å². The molecule has 4 unspecified atom stereocenters. The maximum absolute atomic E-state index is 11.9. The number of carbonyl (C=O) groups excluding carboxylic acids is 3. The monoisotopic (exact) mass is 482 g/mol. The van der Waals surface area contributed by atoms with E-state index in [1.165, 1.54) is 33.8 Å². The first-order valence-corrected chi connectivity index (χ1v) is 12.6. The second kappa shape index (κ2) is 16.3. The number of cyclic esters (lactones) is 1. The molecule has 0 radical (unpaired) electrons. The van der Waals surface area contributed by atoms with Crippen LogP contribution in [0, 0.1) is 11.8 Å². The molecule has 0 aliphatic carbocycles. The van der Waals surface area contributed by atoms with E-state index in [-0.39, 0.29) is 12.1 Å². The van der Waals surface area contributed by atoms with Crippen molar-refractivity contribution in [2.75, 3.05) is 7.11 Å². The van der Waals surface area contributed by atoms with Gasteiger partial charge in [-0.3, -0.25) is 14.4 Å². The van der Waals surface area contributed by atoms with E-state index in [0.29, 0.717) is 12.8 Å². The van der Waals surface area contributed by atoms with Crippen molar-refractivity contribution in [1.29, 1.82) is 0 Å². The number of ether oxygens (including phenoxy) is 3. The van der Waals surface area contributed by atoms with E-state index in [9.17, 15) is 24.3 Å². The highest BCUT2D eigenvalue weighted by molar-refractivity contribution is 5.90. The van der Waals surface area contributed by atoms with E-state index in [1.54, 1.807) is 0 Å². The number of carbonyl (C=O) groups is 4. The largest absolute Gasteiger partial charge is 0.481 e. The summed E-state index contributed by atoms with van der Waals surface area (Å²) in [5.74, 6) is -4.23. The average molecular weight is 483 g/mol. The number of rotatable bonds is 18. The van der Waals surface area contributed by atoms with Crippen molar-refractivity contribution >= 4 is 23.9 Å². The van der Waals surface area contributed by atoms with E-state index >= 15 is 0 Å². The normalized spacial score (nSPS) is 17.9. The minimum absolute atomic E-state index is 0.0868. The molecule has 1 aliphatic heterocycles. The molecule has 0 amide bonds. The highest BCUT2D eigenvalue weighted by Crippen LogP contribution is 2.25. The van der Waals surface area contributed by atoms with Gasteiger partial charge in [0, 0.05) is 12.5 Å². The van der Waals surface area contributed by atoms with Crippen LogP contribution in [0.2, 0.25) is 0 Å². The maximum Gasteiger partial charge on any atom is 0.334 e. The SMILES string of the molecule is COC(=O)C(C)C(OC(C)=O)C(CCCCCCCCCCCCC1=CC(C)OC1=O)C(=O)O. The van der Waals surface area contributed by atoms with E-state index < -0.39 is 35.8 Å². The van der Waals surface area contributed by atoms with Crippen molar-refractivity contribution < 1.29 is 38.5 Å². The third-order valence-electron chi connectivity index (χ3n) is 6.28. The van der Waals surface area contributed by atoms with Gasteiger partial charge in [-0.1, -0.05) is 57.8 Å². The molecule has 8 nitrogen and oxygen atoms in total. The molecule has 0 bridgehead atoms. The molecule has 1 heterocycles. The Labute approximate surface area is 203 Å². The van der Waals surface area contributed by atoms with Gasteiger partial charge in [0.15, 0.2) is 0 Å². The van der Waals surface area contributed by atoms with Gasteiger partial charge in [-0.15, -0.1) is 0 Å². The molecule has 1 rings (SSSR count). The van der Waals surface area contributed by atoms with Gasteiger partial charge in [0.25, 0.3) is 0 Å². The molecule has 0 aromatic heterocycles. The molecule has 0 saturated heterocycles. The first-order valence-electron chi connectivity index (χ1n) is 12.6. The molecule has 0 aromatic rings. The average Bonchev–Trinajstić information content (AvgIpc) is 3.10. The van der Waals surface area contributed by atoms with E-state index in [4.69, 9.17) is 14.2 Å². The first kappa shape index (κ1) is 29.7. The van der Waals surface area contributed by atoms with Crippen molar-refractivity contribution in [3.05, 3.63) is 11.6 Å². The fraction of sp³-hybridized carbons (Fsp3) is 0.769. The zero-order valence-electron chi connectivity index (χ0n) is 21.2. The van der Waals surface area contributed by atoms with Crippen LogP contribution < -0.4 is 0 Å². The molecular formula is C26H42O8. The Morgan fingerprint density at radius 2 is 1.53 bits per heavy atom. The number of aliphatic carboxylic acids is 1. The number of methoxy groups -OCH3 is 1. The van der Waals surface area contributed by atoms with Crippen molar-refractivity contribution in [3.8, 4) is 0 Å². The number of hydrogen-bond acceptors (Lipinski definition) is 7. The lowest BCUT2D eigenvalue weighted by Crippen LogP contribution is -2.40. The summed E-state index contributed by atoms with van der Waals surface area (Å²) in [7, 11) is 1.23. The smallest absolute Gasteiger partial charge is 0.334 e. The van der Waals surface area contributed by atoms with Crippen LogP contribution in [0.4, 0.5) is 0 Å². The molecule has 0 fully saturated rings. The topological polar surface area (TPSA) is 116 Å². The van der Waals surface area contributed by atoms with Gasteiger partial charge in [-0.25, -0.2) is 4.79 Å². The van der Waals surface area contributed by atoms with Crippen molar-refractivity contribution in [2.24, 2.45) is 11.8 Å². The molecule has 0 aromatic carbocycles. The van der Waals surface area contributed by atoms with Crippen LogP contribution >= 0.6 is 0 Å². The zero-order chi connectivity index (χ0) is 25.5. The fourth-order valence-electron chi connectivity index (χ4n) is 4.38. The van der Waals surface area contributed by atoms with Crippen molar-refractivity contribution in [2.45, 2.75) is 110 Å². The third-order valence-corrected chi connectivity index (χ3v) is 6.28. The molecule has 8 heteroatoms. The molecule has 34 heavy (non-hydrogen) atoms. The molecule has 1 aliphatic rings. The summed E-state index contributed by atoms with van der Waals surface area (Å²) in [4.78, 5) is 46.7. The summed E-state index contributed by atoms with van der Waals surface area (Å²) in [6.45, 7) is 4.61. The molecule has 194 valence electrons. The lowest BCUT2D eigenvalue weighted by molar-refractivity contribution is -0.167. The highest BCUT2D eigenvalue weighted by Gasteiger charge is 2.38. The Kier molecular flexibility index (Phi) is 14.2. The third kappa shape index (κ3) is 11.2. The Morgan fingerprint density at radius 1 is 1.00 bits per heavy atom. The molecule has 1 N–H and O–H groups in total. The number of unbranched alkanes of at least 4 members (excludes halogenated alkanes) is 9. The molecule has 4 atom stereocenters. The number of hydrogen-bond donors (Lipinski definition) is 1. The van der Waals surface area contributed by atoms with E-state index in [1.807, 2.05) is 13.0 Å². The summed E-state index contributed by atoms with van der Waals surface area (Å²) < 4.78 is 15.0. The van der Waals surface area contributed by atoms with Crippen LogP contribution in [0.3, 0.4) is 0 Å². The van der Waals surface area contributed by atoms with Crippen LogP contribution in [0.1, 0.15) is 97.8 Å².